The Labute approximate surface area is 165 Å². The Hall–Kier alpha value is -2.39. The van der Waals surface area contributed by atoms with E-state index in [1.165, 1.54) is 0 Å². The summed E-state index contributed by atoms with van der Waals surface area (Å²) in [6.45, 7) is 6.45. The highest BCUT2D eigenvalue weighted by Gasteiger charge is 2.11. The Bertz CT molecular complexity index is 867. The maximum atomic E-state index is 12.0. The van der Waals surface area contributed by atoms with Crippen LogP contribution < -0.4 is 20.5 Å². The molecule has 0 radical (unpaired) electrons. The summed E-state index contributed by atoms with van der Waals surface area (Å²) in [4.78, 5) is 18.9. The SMILES string of the molecule is CCOc1cc(/C=N\Nc2nc(C)c(CCO)c(=O)[nH]2)cc(Br)c1OCC. The summed E-state index contributed by atoms with van der Waals surface area (Å²) < 4.78 is 12.0. The number of aliphatic hydroxyl groups excluding tert-OH is 1. The zero-order valence-electron chi connectivity index (χ0n) is 15.5. The zero-order valence-corrected chi connectivity index (χ0v) is 17.1. The van der Waals surface area contributed by atoms with Gasteiger partial charge in [0.1, 0.15) is 0 Å². The second-order valence-electron chi connectivity index (χ2n) is 5.52. The van der Waals surface area contributed by atoms with Crippen LogP contribution in [0.4, 0.5) is 5.95 Å². The summed E-state index contributed by atoms with van der Waals surface area (Å²) in [6.07, 6.45) is 1.85. The van der Waals surface area contributed by atoms with Crippen LogP contribution >= 0.6 is 15.9 Å². The molecule has 9 heteroatoms. The average Bonchev–Trinajstić information content (AvgIpc) is 2.61. The Morgan fingerprint density at radius 1 is 1.33 bits per heavy atom. The number of anilines is 1. The third-order valence-electron chi connectivity index (χ3n) is 3.59. The molecule has 0 atom stereocenters. The van der Waals surface area contributed by atoms with Crippen molar-refractivity contribution >= 4 is 28.1 Å². The third-order valence-corrected chi connectivity index (χ3v) is 4.18. The van der Waals surface area contributed by atoms with E-state index < -0.39 is 0 Å². The number of aliphatic hydroxyl groups is 1. The average molecular weight is 439 g/mol. The van der Waals surface area contributed by atoms with Gasteiger partial charge < -0.3 is 14.6 Å². The molecule has 146 valence electrons. The number of aromatic nitrogens is 2. The molecule has 0 saturated heterocycles. The molecule has 27 heavy (non-hydrogen) atoms. The van der Waals surface area contributed by atoms with Crippen LogP contribution in [0.5, 0.6) is 11.5 Å². The molecule has 2 rings (SSSR count). The number of rotatable bonds is 9. The minimum absolute atomic E-state index is 0.106. The van der Waals surface area contributed by atoms with Crippen molar-refractivity contribution in [1.82, 2.24) is 9.97 Å². The highest BCUT2D eigenvalue weighted by Crippen LogP contribution is 2.36. The minimum atomic E-state index is -0.295. The number of benzene rings is 1. The van der Waals surface area contributed by atoms with E-state index in [-0.39, 0.29) is 24.5 Å². The van der Waals surface area contributed by atoms with Gasteiger partial charge in [-0.05, 0) is 54.4 Å². The Morgan fingerprint density at radius 2 is 2.07 bits per heavy atom. The van der Waals surface area contributed by atoms with Gasteiger partial charge in [0.15, 0.2) is 11.5 Å². The highest BCUT2D eigenvalue weighted by molar-refractivity contribution is 9.10. The van der Waals surface area contributed by atoms with E-state index in [2.05, 4.69) is 36.4 Å². The van der Waals surface area contributed by atoms with Crippen molar-refractivity contribution in [2.75, 3.05) is 25.2 Å². The molecule has 0 fully saturated rings. The standard InChI is InChI=1S/C18H23BrN4O4/c1-4-26-15-9-12(8-14(19)16(15)27-5-2)10-20-23-18-21-11(3)13(6-7-24)17(25)22-18/h8-10,24H,4-7H2,1-3H3,(H2,21,22,23,25)/b20-10-. The van der Waals surface area contributed by atoms with Gasteiger partial charge in [-0.3, -0.25) is 9.78 Å². The zero-order chi connectivity index (χ0) is 19.8. The quantitative estimate of drug-likeness (QED) is 0.410. The normalized spacial score (nSPS) is 11.0. The molecule has 0 amide bonds. The number of ether oxygens (including phenoxy) is 2. The van der Waals surface area contributed by atoms with E-state index in [4.69, 9.17) is 14.6 Å². The van der Waals surface area contributed by atoms with Gasteiger partial charge in [0.2, 0.25) is 5.95 Å². The van der Waals surface area contributed by atoms with Gasteiger partial charge in [-0.1, -0.05) is 0 Å². The van der Waals surface area contributed by atoms with E-state index in [1.807, 2.05) is 26.0 Å². The van der Waals surface area contributed by atoms with Gasteiger partial charge in [0.05, 0.1) is 29.6 Å². The fourth-order valence-electron chi connectivity index (χ4n) is 2.45. The second-order valence-corrected chi connectivity index (χ2v) is 6.37. The maximum absolute atomic E-state index is 12.0. The minimum Gasteiger partial charge on any atom is -0.490 e. The first-order valence-corrected chi connectivity index (χ1v) is 9.38. The number of nitrogens with one attached hydrogen (secondary N) is 2. The van der Waals surface area contributed by atoms with Gasteiger partial charge in [-0.15, -0.1) is 0 Å². The number of hydrogen-bond donors (Lipinski definition) is 3. The first-order valence-electron chi connectivity index (χ1n) is 8.59. The first kappa shape index (κ1) is 20.9. The summed E-state index contributed by atoms with van der Waals surface area (Å²) in [5.74, 6) is 1.49. The molecule has 0 saturated carbocycles. The van der Waals surface area contributed by atoms with Crippen molar-refractivity contribution in [3.05, 3.63) is 43.8 Å². The summed E-state index contributed by atoms with van der Waals surface area (Å²) in [7, 11) is 0. The molecule has 0 aliphatic rings. The van der Waals surface area contributed by atoms with Gasteiger partial charge in [0.25, 0.3) is 5.56 Å². The predicted molar refractivity (Wildman–Crippen MR) is 108 cm³/mol. The molecule has 3 N–H and O–H groups in total. The van der Waals surface area contributed by atoms with Crippen molar-refractivity contribution in [1.29, 1.82) is 0 Å². The van der Waals surface area contributed by atoms with Crippen LogP contribution in [0.15, 0.2) is 26.5 Å². The van der Waals surface area contributed by atoms with Crippen molar-refractivity contribution < 1.29 is 14.6 Å². The largest absolute Gasteiger partial charge is 0.490 e. The van der Waals surface area contributed by atoms with Crippen LogP contribution in [-0.2, 0) is 6.42 Å². The summed E-state index contributed by atoms with van der Waals surface area (Å²) in [5, 5.41) is 13.1. The van der Waals surface area contributed by atoms with Gasteiger partial charge in [-0.2, -0.15) is 5.10 Å². The Balaban J connectivity index is 2.20. The summed E-state index contributed by atoms with van der Waals surface area (Å²) >= 11 is 3.48. The van der Waals surface area contributed by atoms with E-state index in [9.17, 15) is 4.79 Å². The number of aromatic amines is 1. The number of halogens is 1. The lowest BCUT2D eigenvalue weighted by molar-refractivity contribution is 0.286. The number of hydrazone groups is 1. The van der Waals surface area contributed by atoms with Crippen molar-refractivity contribution in [3.8, 4) is 11.5 Å². The summed E-state index contributed by atoms with van der Waals surface area (Å²) in [6, 6.07) is 3.67. The highest BCUT2D eigenvalue weighted by atomic mass is 79.9. The second kappa shape index (κ2) is 10.1. The van der Waals surface area contributed by atoms with E-state index in [0.29, 0.717) is 36.0 Å². The van der Waals surface area contributed by atoms with E-state index in [1.54, 1.807) is 13.1 Å². The first-order chi connectivity index (χ1) is 13.0. The third kappa shape index (κ3) is 5.54. The van der Waals surface area contributed by atoms with Gasteiger partial charge in [0, 0.05) is 18.6 Å². The maximum Gasteiger partial charge on any atom is 0.255 e. The number of aryl methyl sites for hydroxylation is 1. The van der Waals surface area contributed by atoms with E-state index >= 15 is 0 Å². The number of nitrogens with zero attached hydrogens (tertiary/aromatic N) is 2. The number of hydrogen-bond acceptors (Lipinski definition) is 7. The molecule has 8 nitrogen and oxygen atoms in total. The number of H-pyrrole nitrogens is 1. The fourth-order valence-corrected chi connectivity index (χ4v) is 3.02. The van der Waals surface area contributed by atoms with Crippen LogP contribution in [0.1, 0.15) is 30.7 Å². The molecule has 1 heterocycles. The van der Waals surface area contributed by atoms with Crippen molar-refractivity contribution in [2.45, 2.75) is 27.2 Å². The van der Waals surface area contributed by atoms with Crippen LogP contribution in [0, 0.1) is 6.92 Å². The molecular formula is C18H23BrN4O4. The molecule has 0 spiro atoms. The summed E-state index contributed by atoms with van der Waals surface area (Å²) in [5.41, 5.74) is 4.20. The Kier molecular flexibility index (Phi) is 7.81. The van der Waals surface area contributed by atoms with E-state index in [0.717, 1.165) is 10.0 Å². The molecule has 0 unspecified atom stereocenters. The van der Waals surface area contributed by atoms with Gasteiger partial charge >= 0.3 is 0 Å². The molecular weight excluding hydrogens is 416 g/mol. The lowest BCUT2D eigenvalue weighted by atomic mass is 10.2. The smallest absolute Gasteiger partial charge is 0.255 e. The molecule has 0 bridgehead atoms. The van der Waals surface area contributed by atoms with Crippen LogP contribution in [0.3, 0.4) is 0 Å². The fraction of sp³-hybridized carbons (Fsp3) is 0.389. The molecule has 1 aromatic carbocycles. The van der Waals surface area contributed by atoms with Crippen LogP contribution in [0.2, 0.25) is 0 Å². The molecule has 2 aromatic rings. The topological polar surface area (TPSA) is 109 Å². The van der Waals surface area contributed by atoms with Crippen LogP contribution in [0.25, 0.3) is 0 Å². The van der Waals surface area contributed by atoms with Crippen molar-refractivity contribution in [3.63, 3.8) is 0 Å². The lowest BCUT2D eigenvalue weighted by Gasteiger charge is -2.13. The monoisotopic (exact) mass is 438 g/mol. The van der Waals surface area contributed by atoms with Gasteiger partial charge in [-0.25, -0.2) is 10.4 Å². The van der Waals surface area contributed by atoms with Crippen molar-refractivity contribution in [2.24, 2.45) is 5.10 Å². The predicted octanol–water partition coefficient (Wildman–Crippen LogP) is 2.62. The molecule has 0 aliphatic heterocycles. The van der Waals surface area contributed by atoms with Crippen LogP contribution in [-0.4, -0.2) is 41.1 Å². The molecule has 1 aromatic heterocycles. The molecule has 0 aliphatic carbocycles. The Morgan fingerprint density at radius 3 is 2.70 bits per heavy atom. The lowest BCUT2D eigenvalue weighted by Crippen LogP contribution is -2.19.